The van der Waals surface area contributed by atoms with E-state index in [0.29, 0.717) is 12.1 Å². The van der Waals surface area contributed by atoms with Crippen molar-refractivity contribution in [3.05, 3.63) is 47.8 Å². The highest BCUT2D eigenvalue weighted by Gasteiger charge is 2.48. The number of carboxylic acid groups (broad SMARTS) is 1. The van der Waals surface area contributed by atoms with Gasteiger partial charge in [0.25, 0.3) is 0 Å². The maximum Gasteiger partial charge on any atom is 0.435 e. The molecule has 1 saturated carbocycles. The zero-order chi connectivity index (χ0) is 18.2. The molecule has 1 aliphatic rings. The predicted molar refractivity (Wildman–Crippen MR) is 79.6 cm³/mol. The van der Waals surface area contributed by atoms with Crippen molar-refractivity contribution in [2.45, 2.75) is 19.1 Å². The molecule has 25 heavy (non-hydrogen) atoms. The van der Waals surface area contributed by atoms with Gasteiger partial charge in [-0.3, -0.25) is 9.59 Å². The van der Waals surface area contributed by atoms with Crippen LogP contribution in [-0.2, 0) is 22.3 Å². The fourth-order valence-corrected chi connectivity index (χ4v) is 2.46. The number of halogens is 3. The lowest BCUT2D eigenvalue weighted by atomic mass is 10.2. The summed E-state index contributed by atoms with van der Waals surface area (Å²) in [6.45, 7) is 0.217. The molecule has 1 aromatic heterocycles. The summed E-state index contributed by atoms with van der Waals surface area (Å²) < 4.78 is 38.8. The van der Waals surface area contributed by atoms with Gasteiger partial charge >= 0.3 is 12.1 Å². The second kappa shape index (κ2) is 6.23. The van der Waals surface area contributed by atoms with Crippen LogP contribution in [0, 0.1) is 11.8 Å². The molecule has 1 aromatic carbocycles. The summed E-state index contributed by atoms with van der Waals surface area (Å²) >= 11 is 0. The van der Waals surface area contributed by atoms with E-state index in [-0.39, 0.29) is 12.5 Å². The molecule has 2 atom stereocenters. The SMILES string of the molecule is O=C(O)C1CC1C(=O)NCc1ccc(-n2ccc(C(F)(F)F)n2)cc1. The average molecular weight is 353 g/mol. The van der Waals surface area contributed by atoms with Gasteiger partial charge in [0.05, 0.1) is 17.5 Å². The lowest BCUT2D eigenvalue weighted by Gasteiger charge is -2.07. The standard InChI is InChI=1S/C16H14F3N3O3/c17-16(18,19)13-5-6-22(21-13)10-3-1-9(2-4-10)8-20-14(23)11-7-12(11)15(24)25/h1-6,11-12H,7-8H2,(H,20,23)(H,24,25). The summed E-state index contributed by atoms with van der Waals surface area (Å²) in [6, 6.07) is 7.39. The fraction of sp³-hybridized carbons (Fsp3) is 0.312. The van der Waals surface area contributed by atoms with Crippen molar-refractivity contribution in [3.8, 4) is 5.69 Å². The van der Waals surface area contributed by atoms with Crippen molar-refractivity contribution in [2.75, 3.05) is 0 Å². The topological polar surface area (TPSA) is 84.2 Å². The van der Waals surface area contributed by atoms with Crippen LogP contribution in [0.4, 0.5) is 13.2 Å². The number of benzene rings is 1. The van der Waals surface area contributed by atoms with E-state index in [1.807, 2.05) is 0 Å². The van der Waals surface area contributed by atoms with Gasteiger partial charge in [-0.2, -0.15) is 18.3 Å². The summed E-state index contributed by atoms with van der Waals surface area (Å²) in [5.41, 5.74) is 0.229. The van der Waals surface area contributed by atoms with Gasteiger partial charge in [-0.25, -0.2) is 4.68 Å². The Balaban J connectivity index is 1.58. The zero-order valence-corrected chi connectivity index (χ0v) is 12.8. The Morgan fingerprint density at radius 1 is 1.20 bits per heavy atom. The molecule has 1 heterocycles. The van der Waals surface area contributed by atoms with Crippen molar-refractivity contribution in [1.82, 2.24) is 15.1 Å². The molecule has 6 nitrogen and oxygen atoms in total. The third kappa shape index (κ3) is 3.81. The van der Waals surface area contributed by atoms with E-state index in [9.17, 15) is 22.8 Å². The average Bonchev–Trinajstić information content (AvgIpc) is 3.21. The van der Waals surface area contributed by atoms with Gasteiger partial charge in [0.15, 0.2) is 5.69 Å². The second-order valence-electron chi connectivity index (χ2n) is 5.81. The number of hydrogen-bond donors (Lipinski definition) is 2. The lowest BCUT2D eigenvalue weighted by molar-refractivity contribution is -0.141. The molecule has 0 saturated heterocycles. The predicted octanol–water partition coefficient (Wildman–Crippen LogP) is 2.23. The van der Waals surface area contributed by atoms with Gasteiger partial charge in [0.2, 0.25) is 5.91 Å². The quantitative estimate of drug-likeness (QED) is 0.863. The maximum atomic E-state index is 12.6. The molecular weight excluding hydrogens is 339 g/mol. The number of nitrogens with zero attached hydrogens (tertiary/aromatic N) is 2. The van der Waals surface area contributed by atoms with E-state index >= 15 is 0 Å². The molecule has 0 radical (unpaired) electrons. The van der Waals surface area contributed by atoms with Crippen molar-refractivity contribution in [3.63, 3.8) is 0 Å². The van der Waals surface area contributed by atoms with Gasteiger partial charge < -0.3 is 10.4 Å². The molecule has 132 valence electrons. The largest absolute Gasteiger partial charge is 0.481 e. The second-order valence-corrected chi connectivity index (χ2v) is 5.81. The molecule has 2 unspecified atom stereocenters. The number of hydrogen-bond acceptors (Lipinski definition) is 3. The van der Waals surface area contributed by atoms with Crippen LogP contribution < -0.4 is 5.32 Å². The van der Waals surface area contributed by atoms with E-state index in [4.69, 9.17) is 5.11 Å². The third-order valence-electron chi connectivity index (χ3n) is 3.99. The van der Waals surface area contributed by atoms with E-state index < -0.39 is 29.7 Å². The number of rotatable bonds is 5. The minimum atomic E-state index is -4.49. The zero-order valence-electron chi connectivity index (χ0n) is 12.8. The number of carboxylic acids is 1. The Labute approximate surface area is 140 Å². The summed E-state index contributed by atoms with van der Waals surface area (Å²) in [5.74, 6) is -2.37. The Morgan fingerprint density at radius 3 is 2.40 bits per heavy atom. The summed E-state index contributed by atoms with van der Waals surface area (Å²) in [7, 11) is 0. The maximum absolute atomic E-state index is 12.6. The number of carbonyl (C=O) groups excluding carboxylic acids is 1. The molecule has 2 N–H and O–H groups in total. The first-order valence-corrected chi connectivity index (χ1v) is 7.48. The number of alkyl halides is 3. The van der Waals surface area contributed by atoms with E-state index in [1.54, 1.807) is 24.3 Å². The molecule has 2 aromatic rings. The van der Waals surface area contributed by atoms with Crippen molar-refractivity contribution in [1.29, 1.82) is 0 Å². The third-order valence-corrected chi connectivity index (χ3v) is 3.99. The van der Waals surface area contributed by atoms with E-state index in [1.165, 1.54) is 6.20 Å². The van der Waals surface area contributed by atoms with Crippen molar-refractivity contribution < 1.29 is 27.9 Å². The number of nitrogens with one attached hydrogen (secondary N) is 1. The van der Waals surface area contributed by atoms with Crippen molar-refractivity contribution in [2.24, 2.45) is 11.8 Å². The molecule has 3 rings (SSSR count). The number of amides is 1. The first-order chi connectivity index (χ1) is 11.8. The lowest BCUT2D eigenvalue weighted by Crippen LogP contribution is -2.25. The van der Waals surface area contributed by atoms with Crippen molar-refractivity contribution >= 4 is 11.9 Å². The normalized spacial score (nSPS) is 19.5. The molecule has 0 bridgehead atoms. The Bertz CT molecular complexity index is 799. The fourth-order valence-electron chi connectivity index (χ4n) is 2.46. The number of aliphatic carboxylic acids is 1. The summed E-state index contributed by atoms with van der Waals surface area (Å²) in [6.07, 6.45) is -2.92. The minimum Gasteiger partial charge on any atom is -0.481 e. The summed E-state index contributed by atoms with van der Waals surface area (Å²) in [4.78, 5) is 22.5. The first-order valence-electron chi connectivity index (χ1n) is 7.48. The number of aromatic nitrogens is 2. The molecule has 0 aliphatic heterocycles. The molecule has 1 fully saturated rings. The van der Waals surface area contributed by atoms with Gasteiger partial charge in [-0.1, -0.05) is 12.1 Å². The Hall–Kier alpha value is -2.84. The van der Waals surface area contributed by atoms with Crippen LogP contribution in [0.25, 0.3) is 5.69 Å². The van der Waals surface area contributed by atoms with Crippen LogP contribution in [-0.4, -0.2) is 26.8 Å². The van der Waals surface area contributed by atoms with E-state index in [2.05, 4.69) is 10.4 Å². The van der Waals surface area contributed by atoms with Crippen LogP contribution in [0.15, 0.2) is 36.5 Å². The van der Waals surface area contributed by atoms with Crippen LogP contribution in [0.2, 0.25) is 0 Å². The molecule has 9 heteroatoms. The van der Waals surface area contributed by atoms with Crippen LogP contribution in [0.5, 0.6) is 0 Å². The van der Waals surface area contributed by atoms with Crippen LogP contribution >= 0.6 is 0 Å². The molecule has 1 aliphatic carbocycles. The number of carbonyl (C=O) groups is 2. The first kappa shape index (κ1) is 17.0. The van der Waals surface area contributed by atoms with Gasteiger partial charge in [-0.05, 0) is 30.2 Å². The van der Waals surface area contributed by atoms with Crippen LogP contribution in [0.1, 0.15) is 17.7 Å². The van der Waals surface area contributed by atoms with E-state index in [0.717, 1.165) is 16.3 Å². The molecule has 1 amide bonds. The van der Waals surface area contributed by atoms with Crippen LogP contribution in [0.3, 0.4) is 0 Å². The highest BCUT2D eigenvalue weighted by atomic mass is 19.4. The molecular formula is C16H14F3N3O3. The minimum absolute atomic E-state index is 0.217. The molecule has 0 spiro atoms. The van der Waals surface area contributed by atoms with Gasteiger partial charge in [-0.15, -0.1) is 0 Å². The smallest absolute Gasteiger partial charge is 0.435 e. The monoisotopic (exact) mass is 353 g/mol. The Morgan fingerprint density at radius 2 is 1.88 bits per heavy atom. The van der Waals surface area contributed by atoms with Gasteiger partial charge in [0, 0.05) is 12.7 Å². The Kier molecular flexibility index (Phi) is 4.23. The summed E-state index contributed by atoms with van der Waals surface area (Å²) in [5, 5.41) is 14.9. The van der Waals surface area contributed by atoms with Gasteiger partial charge in [0.1, 0.15) is 0 Å². The highest BCUT2D eigenvalue weighted by molar-refractivity contribution is 5.89. The highest BCUT2D eigenvalue weighted by Crippen LogP contribution is 2.38.